The van der Waals surface area contributed by atoms with Crippen molar-refractivity contribution in [2.24, 2.45) is 0 Å². The van der Waals surface area contributed by atoms with Crippen molar-refractivity contribution in [3.05, 3.63) is 0 Å². The number of ether oxygens (including phenoxy) is 1. The number of piperazine rings is 1. The Hall–Kier alpha value is -0.160. The molecule has 0 amide bonds. The number of hydrogen-bond acceptors (Lipinski definition) is 4. The molecule has 0 spiro atoms. The molecule has 0 aromatic heterocycles. The van der Waals surface area contributed by atoms with Crippen LogP contribution in [0.3, 0.4) is 0 Å². The lowest BCUT2D eigenvalue weighted by Gasteiger charge is -2.39. The number of likely N-dealkylation sites (N-methyl/N-ethyl adjacent to an activating group) is 1. The van der Waals surface area contributed by atoms with E-state index in [0.717, 1.165) is 32.8 Å². The largest absolute Gasteiger partial charge is 0.379 e. The molecular weight excluding hydrogens is 226 g/mol. The third-order valence-electron chi connectivity index (χ3n) is 3.78. The van der Waals surface area contributed by atoms with Gasteiger partial charge in [-0.3, -0.25) is 4.90 Å². The van der Waals surface area contributed by atoms with Crippen molar-refractivity contribution in [2.75, 3.05) is 53.5 Å². The van der Waals surface area contributed by atoms with E-state index in [0.29, 0.717) is 12.1 Å². The van der Waals surface area contributed by atoms with Crippen molar-refractivity contribution in [3.8, 4) is 0 Å². The van der Waals surface area contributed by atoms with Crippen LogP contribution in [-0.4, -0.2) is 75.4 Å². The molecule has 0 bridgehead atoms. The van der Waals surface area contributed by atoms with E-state index >= 15 is 0 Å². The minimum atomic E-state index is 0.662. The Morgan fingerprint density at radius 3 is 2.61 bits per heavy atom. The highest BCUT2D eigenvalue weighted by Gasteiger charge is 2.25. The van der Waals surface area contributed by atoms with Crippen LogP contribution in [0.15, 0.2) is 0 Å². The van der Waals surface area contributed by atoms with E-state index in [2.05, 4.69) is 43.1 Å². The van der Waals surface area contributed by atoms with Gasteiger partial charge in [0.05, 0.1) is 13.2 Å². The number of rotatable bonds is 8. The van der Waals surface area contributed by atoms with Crippen LogP contribution in [0, 0.1) is 0 Å². The van der Waals surface area contributed by atoms with Gasteiger partial charge in [0.15, 0.2) is 0 Å². The molecule has 18 heavy (non-hydrogen) atoms. The van der Waals surface area contributed by atoms with Crippen LogP contribution in [-0.2, 0) is 4.74 Å². The summed E-state index contributed by atoms with van der Waals surface area (Å²) in [4.78, 5) is 4.76. The topological polar surface area (TPSA) is 27.7 Å². The molecule has 1 rings (SSSR count). The van der Waals surface area contributed by atoms with Crippen molar-refractivity contribution < 1.29 is 4.74 Å². The Morgan fingerprint density at radius 1 is 1.22 bits per heavy atom. The average Bonchev–Trinajstić information content (AvgIpc) is 2.37. The Balaban J connectivity index is 2.20. The lowest BCUT2D eigenvalue weighted by Crippen LogP contribution is -2.56. The summed E-state index contributed by atoms with van der Waals surface area (Å²) in [6.45, 7) is 10.6. The molecule has 0 radical (unpaired) electrons. The third-order valence-corrected chi connectivity index (χ3v) is 3.78. The maximum atomic E-state index is 5.71. The first-order chi connectivity index (χ1) is 8.67. The zero-order valence-electron chi connectivity index (χ0n) is 12.6. The minimum absolute atomic E-state index is 0.662. The standard InChI is InChI=1S/C14H31N3O/c1-5-13-12-17(14(6-2)11-15-13)8-10-18-9-7-16(3)4/h13-15H,5-12H2,1-4H3. The molecule has 2 unspecified atom stereocenters. The van der Waals surface area contributed by atoms with Gasteiger partial charge >= 0.3 is 0 Å². The van der Waals surface area contributed by atoms with Crippen LogP contribution < -0.4 is 5.32 Å². The van der Waals surface area contributed by atoms with Crippen LogP contribution in [0.25, 0.3) is 0 Å². The highest BCUT2D eigenvalue weighted by molar-refractivity contribution is 4.84. The molecule has 4 heteroatoms. The third kappa shape index (κ3) is 5.65. The molecule has 1 saturated heterocycles. The molecule has 0 aliphatic carbocycles. The van der Waals surface area contributed by atoms with E-state index in [-0.39, 0.29) is 0 Å². The molecule has 1 heterocycles. The summed E-state index contributed by atoms with van der Waals surface area (Å²) in [6, 6.07) is 1.35. The van der Waals surface area contributed by atoms with Crippen molar-refractivity contribution in [1.82, 2.24) is 15.1 Å². The van der Waals surface area contributed by atoms with Gasteiger partial charge in [0, 0.05) is 38.3 Å². The second-order valence-corrected chi connectivity index (χ2v) is 5.49. The molecule has 4 nitrogen and oxygen atoms in total. The molecule has 0 saturated carbocycles. The van der Waals surface area contributed by atoms with Gasteiger partial charge < -0.3 is 15.0 Å². The predicted octanol–water partition coefficient (Wildman–Crippen LogP) is 1.03. The fourth-order valence-electron chi connectivity index (χ4n) is 2.41. The number of nitrogens with one attached hydrogen (secondary N) is 1. The molecule has 1 aliphatic heterocycles. The highest BCUT2D eigenvalue weighted by atomic mass is 16.5. The van der Waals surface area contributed by atoms with Gasteiger partial charge in [-0.05, 0) is 26.9 Å². The zero-order valence-corrected chi connectivity index (χ0v) is 12.6. The Labute approximate surface area is 113 Å². The van der Waals surface area contributed by atoms with Crippen LogP contribution in [0.2, 0.25) is 0 Å². The molecule has 2 atom stereocenters. The van der Waals surface area contributed by atoms with Crippen molar-refractivity contribution >= 4 is 0 Å². The summed E-state index contributed by atoms with van der Waals surface area (Å²) in [7, 11) is 4.16. The van der Waals surface area contributed by atoms with Gasteiger partial charge in [-0.25, -0.2) is 0 Å². The average molecular weight is 257 g/mol. The van der Waals surface area contributed by atoms with E-state index < -0.39 is 0 Å². The monoisotopic (exact) mass is 257 g/mol. The highest BCUT2D eigenvalue weighted by Crippen LogP contribution is 2.11. The van der Waals surface area contributed by atoms with Crippen LogP contribution in [0.1, 0.15) is 26.7 Å². The summed E-state index contributed by atoms with van der Waals surface area (Å²) in [6.07, 6.45) is 2.44. The minimum Gasteiger partial charge on any atom is -0.379 e. The number of hydrogen-bond donors (Lipinski definition) is 1. The first kappa shape index (κ1) is 15.9. The molecule has 1 fully saturated rings. The van der Waals surface area contributed by atoms with Crippen molar-refractivity contribution in [3.63, 3.8) is 0 Å². The van der Waals surface area contributed by atoms with E-state index in [1.165, 1.54) is 19.4 Å². The van der Waals surface area contributed by atoms with E-state index in [4.69, 9.17) is 4.74 Å². The van der Waals surface area contributed by atoms with Gasteiger partial charge in [-0.2, -0.15) is 0 Å². The number of nitrogens with zero attached hydrogens (tertiary/aromatic N) is 2. The normalized spacial score (nSPS) is 25.8. The second kappa shape index (κ2) is 8.86. The van der Waals surface area contributed by atoms with Gasteiger partial charge in [0.2, 0.25) is 0 Å². The second-order valence-electron chi connectivity index (χ2n) is 5.49. The molecular formula is C14H31N3O. The maximum Gasteiger partial charge on any atom is 0.0594 e. The summed E-state index contributed by atoms with van der Waals surface area (Å²) < 4.78 is 5.71. The SMILES string of the molecule is CCC1CN(CCOCCN(C)C)C(CC)CN1. The van der Waals surface area contributed by atoms with E-state index in [9.17, 15) is 0 Å². The molecule has 0 aromatic carbocycles. The Bertz CT molecular complexity index is 211. The van der Waals surface area contributed by atoms with Gasteiger partial charge in [0.1, 0.15) is 0 Å². The van der Waals surface area contributed by atoms with E-state index in [1.54, 1.807) is 0 Å². The molecule has 0 aromatic rings. The van der Waals surface area contributed by atoms with Crippen molar-refractivity contribution in [1.29, 1.82) is 0 Å². The molecule has 1 aliphatic rings. The summed E-state index contributed by atoms with van der Waals surface area (Å²) >= 11 is 0. The predicted molar refractivity (Wildman–Crippen MR) is 77.1 cm³/mol. The fourth-order valence-corrected chi connectivity index (χ4v) is 2.41. The lowest BCUT2D eigenvalue weighted by atomic mass is 10.1. The molecule has 108 valence electrons. The van der Waals surface area contributed by atoms with E-state index in [1.807, 2.05) is 0 Å². The van der Waals surface area contributed by atoms with Crippen LogP contribution >= 0.6 is 0 Å². The first-order valence-corrected chi connectivity index (χ1v) is 7.37. The summed E-state index contributed by atoms with van der Waals surface area (Å²) in [5.74, 6) is 0. The van der Waals surface area contributed by atoms with Gasteiger partial charge in [0.25, 0.3) is 0 Å². The smallest absolute Gasteiger partial charge is 0.0594 e. The summed E-state index contributed by atoms with van der Waals surface area (Å²) in [5.41, 5.74) is 0. The first-order valence-electron chi connectivity index (χ1n) is 7.37. The Morgan fingerprint density at radius 2 is 2.00 bits per heavy atom. The van der Waals surface area contributed by atoms with Gasteiger partial charge in [-0.1, -0.05) is 13.8 Å². The fraction of sp³-hybridized carbons (Fsp3) is 1.00. The summed E-state index contributed by atoms with van der Waals surface area (Å²) in [5, 5.41) is 3.63. The quantitative estimate of drug-likeness (QED) is 0.657. The lowest BCUT2D eigenvalue weighted by molar-refractivity contribution is 0.0583. The van der Waals surface area contributed by atoms with Gasteiger partial charge in [-0.15, -0.1) is 0 Å². The zero-order chi connectivity index (χ0) is 13.4. The maximum absolute atomic E-state index is 5.71. The Kier molecular flexibility index (Phi) is 7.82. The van der Waals surface area contributed by atoms with Crippen LogP contribution in [0.4, 0.5) is 0 Å². The van der Waals surface area contributed by atoms with Crippen molar-refractivity contribution in [2.45, 2.75) is 38.8 Å². The van der Waals surface area contributed by atoms with Crippen LogP contribution in [0.5, 0.6) is 0 Å². The molecule has 1 N–H and O–H groups in total.